The summed E-state index contributed by atoms with van der Waals surface area (Å²) < 4.78 is 1.40. The minimum Gasteiger partial charge on any atom is -0.383 e. The molecular weight excluding hydrogens is 244 g/mol. The molecule has 6 nitrogen and oxygen atoms in total. The van der Waals surface area contributed by atoms with Gasteiger partial charge in [0.05, 0.1) is 0 Å². The van der Waals surface area contributed by atoms with Crippen molar-refractivity contribution in [1.82, 2.24) is 9.55 Å². The maximum Gasteiger partial charge on any atom is 0.330 e. The summed E-state index contributed by atoms with van der Waals surface area (Å²) in [4.78, 5) is 25.9. The molecule has 0 fully saturated rings. The van der Waals surface area contributed by atoms with E-state index in [-0.39, 0.29) is 11.4 Å². The van der Waals surface area contributed by atoms with Crippen LogP contribution in [0.2, 0.25) is 0 Å². The average Bonchev–Trinajstić information content (AvgIpc) is 2.39. The van der Waals surface area contributed by atoms with E-state index in [4.69, 9.17) is 5.73 Å². The first-order valence-electron chi connectivity index (χ1n) is 6.79. The van der Waals surface area contributed by atoms with Crippen LogP contribution >= 0.6 is 0 Å². The fourth-order valence-corrected chi connectivity index (χ4v) is 1.88. The minimum absolute atomic E-state index is 0.212. The van der Waals surface area contributed by atoms with Crippen molar-refractivity contribution in [2.75, 3.05) is 11.1 Å². The Hall–Kier alpha value is -1.72. The SMILES string of the molecule is CCCn1c(N)c(NC(C)(CC)CC)c(=O)[nH]c1=O. The summed E-state index contributed by atoms with van der Waals surface area (Å²) in [7, 11) is 0. The fraction of sp³-hybridized carbons (Fsp3) is 0.692. The van der Waals surface area contributed by atoms with Crippen molar-refractivity contribution in [3.63, 3.8) is 0 Å². The Labute approximate surface area is 113 Å². The highest BCUT2D eigenvalue weighted by molar-refractivity contribution is 5.61. The summed E-state index contributed by atoms with van der Waals surface area (Å²) in [5, 5.41) is 3.19. The first-order valence-corrected chi connectivity index (χ1v) is 6.79. The number of hydrogen-bond acceptors (Lipinski definition) is 4. The lowest BCUT2D eigenvalue weighted by Crippen LogP contribution is -2.40. The molecule has 1 aromatic heterocycles. The number of anilines is 2. The van der Waals surface area contributed by atoms with E-state index >= 15 is 0 Å². The number of H-pyrrole nitrogens is 1. The van der Waals surface area contributed by atoms with Crippen LogP contribution < -0.4 is 22.3 Å². The Kier molecular flexibility index (Phi) is 4.80. The second-order valence-electron chi connectivity index (χ2n) is 5.06. The summed E-state index contributed by atoms with van der Waals surface area (Å²) in [5.74, 6) is 0.212. The number of aromatic nitrogens is 2. The maximum absolute atomic E-state index is 11.9. The molecule has 0 amide bonds. The molecule has 0 unspecified atom stereocenters. The molecule has 0 aliphatic heterocycles. The van der Waals surface area contributed by atoms with Crippen molar-refractivity contribution in [2.24, 2.45) is 0 Å². The van der Waals surface area contributed by atoms with Gasteiger partial charge in [0.1, 0.15) is 11.5 Å². The summed E-state index contributed by atoms with van der Waals surface area (Å²) in [5.41, 5.74) is 5.14. The second kappa shape index (κ2) is 5.95. The van der Waals surface area contributed by atoms with E-state index in [1.807, 2.05) is 27.7 Å². The van der Waals surface area contributed by atoms with Crippen molar-refractivity contribution in [3.05, 3.63) is 20.8 Å². The lowest BCUT2D eigenvalue weighted by Gasteiger charge is -2.30. The number of nitrogen functional groups attached to an aromatic ring is 1. The van der Waals surface area contributed by atoms with Crippen LogP contribution in [0.5, 0.6) is 0 Å². The third-order valence-electron chi connectivity index (χ3n) is 3.67. The lowest BCUT2D eigenvalue weighted by atomic mass is 9.95. The smallest absolute Gasteiger partial charge is 0.330 e. The fourth-order valence-electron chi connectivity index (χ4n) is 1.88. The molecular formula is C13H24N4O2. The van der Waals surface area contributed by atoms with Crippen molar-refractivity contribution in [1.29, 1.82) is 0 Å². The molecule has 4 N–H and O–H groups in total. The molecule has 1 rings (SSSR count). The summed E-state index contributed by atoms with van der Waals surface area (Å²) in [6, 6.07) is 0. The number of aromatic amines is 1. The lowest BCUT2D eigenvalue weighted by molar-refractivity contribution is 0.477. The van der Waals surface area contributed by atoms with Gasteiger partial charge < -0.3 is 11.1 Å². The third-order valence-corrected chi connectivity index (χ3v) is 3.67. The largest absolute Gasteiger partial charge is 0.383 e. The van der Waals surface area contributed by atoms with Crippen LogP contribution in [-0.2, 0) is 6.54 Å². The van der Waals surface area contributed by atoms with Gasteiger partial charge in [-0.05, 0) is 26.2 Å². The molecule has 1 aromatic rings. The monoisotopic (exact) mass is 268 g/mol. The van der Waals surface area contributed by atoms with E-state index < -0.39 is 11.2 Å². The number of hydrogen-bond donors (Lipinski definition) is 3. The number of nitrogens with zero attached hydrogens (tertiary/aromatic N) is 1. The molecule has 0 aromatic carbocycles. The molecule has 0 atom stereocenters. The van der Waals surface area contributed by atoms with Crippen LogP contribution in [0.4, 0.5) is 11.5 Å². The molecule has 108 valence electrons. The van der Waals surface area contributed by atoms with E-state index in [0.717, 1.165) is 19.3 Å². The maximum atomic E-state index is 11.9. The number of nitrogens with two attached hydrogens (primary N) is 1. The quantitative estimate of drug-likeness (QED) is 0.729. The van der Waals surface area contributed by atoms with Crippen LogP contribution in [0, 0.1) is 0 Å². The summed E-state index contributed by atoms with van der Waals surface area (Å²) in [6.45, 7) is 8.56. The molecule has 0 aliphatic rings. The van der Waals surface area contributed by atoms with Gasteiger partial charge in [0.2, 0.25) is 0 Å². The van der Waals surface area contributed by atoms with Crippen LogP contribution in [0.25, 0.3) is 0 Å². The highest BCUT2D eigenvalue weighted by Gasteiger charge is 2.23. The molecule has 0 radical (unpaired) electrons. The molecule has 0 aliphatic carbocycles. The van der Waals surface area contributed by atoms with E-state index in [0.29, 0.717) is 12.2 Å². The zero-order valence-electron chi connectivity index (χ0n) is 12.2. The van der Waals surface area contributed by atoms with E-state index in [1.54, 1.807) is 0 Å². The highest BCUT2D eigenvalue weighted by atomic mass is 16.2. The van der Waals surface area contributed by atoms with Gasteiger partial charge in [-0.15, -0.1) is 0 Å². The van der Waals surface area contributed by atoms with Gasteiger partial charge in [-0.25, -0.2) is 4.79 Å². The van der Waals surface area contributed by atoms with Gasteiger partial charge in [-0.1, -0.05) is 20.8 Å². The molecule has 6 heteroatoms. The first-order chi connectivity index (χ1) is 8.88. The molecule has 19 heavy (non-hydrogen) atoms. The second-order valence-corrected chi connectivity index (χ2v) is 5.06. The Morgan fingerprint density at radius 1 is 1.26 bits per heavy atom. The van der Waals surface area contributed by atoms with Crippen LogP contribution in [-0.4, -0.2) is 15.1 Å². The van der Waals surface area contributed by atoms with Crippen LogP contribution in [0.1, 0.15) is 47.0 Å². The van der Waals surface area contributed by atoms with Crippen LogP contribution in [0.15, 0.2) is 9.59 Å². The molecule has 0 bridgehead atoms. The van der Waals surface area contributed by atoms with Gasteiger partial charge in [0, 0.05) is 12.1 Å². The Balaban J connectivity index is 3.32. The van der Waals surface area contributed by atoms with Crippen molar-refractivity contribution >= 4 is 11.5 Å². The first kappa shape index (κ1) is 15.3. The highest BCUT2D eigenvalue weighted by Crippen LogP contribution is 2.22. The van der Waals surface area contributed by atoms with Crippen LogP contribution in [0.3, 0.4) is 0 Å². The van der Waals surface area contributed by atoms with Crippen molar-refractivity contribution < 1.29 is 0 Å². The normalized spacial score (nSPS) is 11.6. The van der Waals surface area contributed by atoms with E-state index in [1.165, 1.54) is 4.57 Å². The Bertz CT molecular complexity index is 541. The summed E-state index contributed by atoms with van der Waals surface area (Å²) >= 11 is 0. The summed E-state index contributed by atoms with van der Waals surface area (Å²) in [6.07, 6.45) is 2.49. The topological polar surface area (TPSA) is 92.9 Å². The Morgan fingerprint density at radius 2 is 1.84 bits per heavy atom. The molecule has 0 saturated carbocycles. The minimum atomic E-state index is -0.456. The van der Waals surface area contributed by atoms with Crippen molar-refractivity contribution in [2.45, 2.75) is 59.0 Å². The molecule has 0 saturated heterocycles. The van der Waals surface area contributed by atoms with Gasteiger partial charge in [-0.3, -0.25) is 14.3 Å². The van der Waals surface area contributed by atoms with E-state index in [9.17, 15) is 9.59 Å². The van der Waals surface area contributed by atoms with Gasteiger partial charge in [0.15, 0.2) is 0 Å². The van der Waals surface area contributed by atoms with Gasteiger partial charge in [0.25, 0.3) is 5.56 Å². The predicted molar refractivity (Wildman–Crippen MR) is 78.6 cm³/mol. The zero-order chi connectivity index (χ0) is 14.6. The standard InChI is InChI=1S/C13H24N4O2/c1-5-8-17-10(14)9(11(18)15-12(17)19)16-13(4,6-2)7-3/h16H,5-8,14H2,1-4H3,(H,15,18,19). The molecule has 0 spiro atoms. The Morgan fingerprint density at radius 3 is 2.32 bits per heavy atom. The predicted octanol–water partition coefficient (Wildman–Crippen LogP) is 1.52. The third kappa shape index (κ3) is 3.19. The van der Waals surface area contributed by atoms with Gasteiger partial charge >= 0.3 is 5.69 Å². The average molecular weight is 268 g/mol. The van der Waals surface area contributed by atoms with Gasteiger partial charge in [-0.2, -0.15) is 0 Å². The van der Waals surface area contributed by atoms with Crippen molar-refractivity contribution in [3.8, 4) is 0 Å². The zero-order valence-corrected chi connectivity index (χ0v) is 12.2. The molecule has 1 heterocycles. The number of rotatable bonds is 6. The van der Waals surface area contributed by atoms with E-state index in [2.05, 4.69) is 10.3 Å². The number of nitrogens with one attached hydrogen (secondary N) is 2.